The van der Waals surface area contributed by atoms with Crippen LogP contribution in [0.4, 0.5) is 0 Å². The first-order valence-corrected chi connectivity index (χ1v) is 9.20. The quantitative estimate of drug-likeness (QED) is 0.641. The van der Waals surface area contributed by atoms with Gasteiger partial charge in [0.1, 0.15) is 6.04 Å². The summed E-state index contributed by atoms with van der Waals surface area (Å²) in [5.74, 6) is -0.795. The van der Waals surface area contributed by atoms with Gasteiger partial charge in [-0.3, -0.25) is 9.78 Å². The van der Waals surface area contributed by atoms with Crippen LogP contribution in [-0.2, 0) is 16.0 Å². The second-order valence-electron chi connectivity index (χ2n) is 6.25. The highest BCUT2D eigenvalue weighted by molar-refractivity contribution is 5.97. The van der Waals surface area contributed by atoms with Crippen molar-refractivity contribution in [2.45, 2.75) is 19.4 Å². The molecule has 0 aliphatic carbocycles. The van der Waals surface area contributed by atoms with Gasteiger partial charge in [-0.2, -0.15) is 0 Å². The van der Waals surface area contributed by atoms with Crippen molar-refractivity contribution in [2.75, 3.05) is 6.61 Å². The van der Waals surface area contributed by atoms with Crippen LogP contribution < -0.4 is 5.32 Å². The molecule has 0 radical (unpaired) electrons. The summed E-state index contributed by atoms with van der Waals surface area (Å²) in [7, 11) is 0. The molecule has 1 atom stereocenters. The fourth-order valence-corrected chi connectivity index (χ4v) is 2.85. The van der Waals surface area contributed by atoms with Crippen LogP contribution in [0.15, 0.2) is 79.0 Å². The summed E-state index contributed by atoms with van der Waals surface area (Å²) in [5, 5.41) is 2.77. The van der Waals surface area contributed by atoms with Gasteiger partial charge in [-0.25, -0.2) is 4.79 Å². The van der Waals surface area contributed by atoms with Crippen molar-refractivity contribution in [3.63, 3.8) is 0 Å². The van der Waals surface area contributed by atoms with Crippen LogP contribution in [0.3, 0.4) is 0 Å². The predicted molar refractivity (Wildman–Crippen MR) is 108 cm³/mol. The van der Waals surface area contributed by atoms with E-state index in [2.05, 4.69) is 10.3 Å². The lowest BCUT2D eigenvalue weighted by Gasteiger charge is -2.17. The highest BCUT2D eigenvalue weighted by Gasteiger charge is 2.23. The molecule has 3 rings (SSSR count). The SMILES string of the molecule is CCOC(=O)C(Cc1ccccn1)NC(=O)c1ccc(-c2ccccc2)cc1. The molecule has 0 saturated heterocycles. The van der Waals surface area contributed by atoms with Gasteiger partial charge in [0.2, 0.25) is 0 Å². The van der Waals surface area contributed by atoms with Crippen molar-refractivity contribution in [3.8, 4) is 11.1 Å². The highest BCUT2D eigenvalue weighted by atomic mass is 16.5. The van der Waals surface area contributed by atoms with Gasteiger partial charge in [-0.15, -0.1) is 0 Å². The van der Waals surface area contributed by atoms with E-state index in [0.717, 1.165) is 11.1 Å². The number of carbonyl (C=O) groups excluding carboxylic acids is 2. The van der Waals surface area contributed by atoms with E-state index < -0.39 is 12.0 Å². The van der Waals surface area contributed by atoms with Crippen molar-refractivity contribution >= 4 is 11.9 Å². The number of esters is 1. The molecule has 5 nitrogen and oxygen atoms in total. The Labute approximate surface area is 164 Å². The molecule has 0 aliphatic rings. The third-order valence-corrected chi connectivity index (χ3v) is 4.27. The Morgan fingerprint density at radius 1 is 0.929 bits per heavy atom. The van der Waals surface area contributed by atoms with E-state index >= 15 is 0 Å². The maximum absolute atomic E-state index is 12.7. The maximum Gasteiger partial charge on any atom is 0.329 e. The summed E-state index contributed by atoms with van der Waals surface area (Å²) in [6.07, 6.45) is 1.93. The number of carbonyl (C=O) groups is 2. The van der Waals surface area contributed by atoms with E-state index in [0.29, 0.717) is 11.3 Å². The minimum Gasteiger partial charge on any atom is -0.464 e. The fraction of sp³-hybridized carbons (Fsp3) is 0.174. The Bertz CT molecular complexity index is 910. The zero-order chi connectivity index (χ0) is 19.8. The molecule has 0 saturated carbocycles. The lowest BCUT2D eigenvalue weighted by molar-refractivity contribution is -0.145. The van der Waals surface area contributed by atoms with Crippen molar-refractivity contribution in [1.82, 2.24) is 10.3 Å². The zero-order valence-electron chi connectivity index (χ0n) is 15.7. The molecule has 1 heterocycles. The lowest BCUT2D eigenvalue weighted by atomic mass is 10.0. The number of pyridine rings is 1. The van der Waals surface area contributed by atoms with Crippen molar-refractivity contribution < 1.29 is 14.3 Å². The van der Waals surface area contributed by atoms with Gasteiger partial charge in [-0.05, 0) is 42.3 Å². The smallest absolute Gasteiger partial charge is 0.329 e. The van der Waals surface area contributed by atoms with E-state index in [-0.39, 0.29) is 18.9 Å². The number of hydrogen-bond acceptors (Lipinski definition) is 4. The van der Waals surface area contributed by atoms with E-state index in [4.69, 9.17) is 4.74 Å². The second kappa shape index (κ2) is 9.46. The Morgan fingerprint density at radius 3 is 2.25 bits per heavy atom. The molecule has 1 unspecified atom stereocenters. The number of hydrogen-bond donors (Lipinski definition) is 1. The second-order valence-corrected chi connectivity index (χ2v) is 6.25. The van der Waals surface area contributed by atoms with Gasteiger partial charge in [-0.1, -0.05) is 48.5 Å². The molecular weight excluding hydrogens is 352 g/mol. The number of rotatable bonds is 7. The van der Waals surface area contributed by atoms with Crippen LogP contribution in [0.2, 0.25) is 0 Å². The molecule has 142 valence electrons. The molecule has 1 amide bonds. The van der Waals surface area contributed by atoms with E-state index in [1.807, 2.05) is 54.6 Å². The molecule has 0 fully saturated rings. The third kappa shape index (κ3) is 5.04. The summed E-state index contributed by atoms with van der Waals surface area (Å²) >= 11 is 0. The zero-order valence-corrected chi connectivity index (χ0v) is 15.7. The number of aromatic nitrogens is 1. The number of ether oxygens (including phenoxy) is 1. The molecule has 0 bridgehead atoms. The first-order chi connectivity index (χ1) is 13.7. The summed E-state index contributed by atoms with van der Waals surface area (Å²) in [5.41, 5.74) is 3.29. The van der Waals surface area contributed by atoms with Gasteiger partial charge < -0.3 is 10.1 Å². The minimum absolute atomic E-state index is 0.249. The van der Waals surface area contributed by atoms with Crippen LogP contribution in [0.25, 0.3) is 11.1 Å². The van der Waals surface area contributed by atoms with E-state index in [9.17, 15) is 9.59 Å². The van der Waals surface area contributed by atoms with Gasteiger partial charge in [0.15, 0.2) is 0 Å². The Kier molecular flexibility index (Phi) is 6.52. The number of amides is 1. The van der Waals surface area contributed by atoms with Crippen molar-refractivity contribution in [1.29, 1.82) is 0 Å². The Hall–Kier alpha value is -3.47. The van der Waals surface area contributed by atoms with Crippen LogP contribution in [-0.4, -0.2) is 29.5 Å². The molecule has 1 aromatic heterocycles. The third-order valence-electron chi connectivity index (χ3n) is 4.27. The lowest BCUT2D eigenvalue weighted by Crippen LogP contribution is -2.43. The first-order valence-electron chi connectivity index (χ1n) is 9.20. The summed E-state index contributed by atoms with van der Waals surface area (Å²) in [6, 6.07) is 21.9. The molecule has 0 spiro atoms. The van der Waals surface area contributed by atoms with Crippen molar-refractivity contribution in [3.05, 3.63) is 90.3 Å². The van der Waals surface area contributed by atoms with Gasteiger partial charge >= 0.3 is 5.97 Å². The highest BCUT2D eigenvalue weighted by Crippen LogP contribution is 2.19. The summed E-state index contributed by atoms with van der Waals surface area (Å²) < 4.78 is 5.11. The molecule has 3 aromatic rings. The van der Waals surface area contributed by atoms with Crippen LogP contribution >= 0.6 is 0 Å². The minimum atomic E-state index is -0.795. The molecule has 28 heavy (non-hydrogen) atoms. The number of nitrogens with zero attached hydrogens (tertiary/aromatic N) is 1. The molecule has 0 aliphatic heterocycles. The molecule has 5 heteroatoms. The predicted octanol–water partition coefficient (Wildman–Crippen LogP) is 3.65. The van der Waals surface area contributed by atoms with Crippen LogP contribution in [0.1, 0.15) is 23.0 Å². The largest absolute Gasteiger partial charge is 0.464 e. The average Bonchev–Trinajstić information content (AvgIpc) is 2.75. The number of benzene rings is 2. The van der Waals surface area contributed by atoms with Crippen LogP contribution in [0, 0.1) is 0 Å². The number of nitrogens with one attached hydrogen (secondary N) is 1. The fourth-order valence-electron chi connectivity index (χ4n) is 2.85. The topological polar surface area (TPSA) is 68.3 Å². The van der Waals surface area contributed by atoms with Gasteiger partial charge in [0.25, 0.3) is 5.91 Å². The van der Waals surface area contributed by atoms with E-state index in [1.165, 1.54) is 0 Å². The molecular formula is C23H22N2O3. The summed E-state index contributed by atoms with van der Waals surface area (Å²) in [6.45, 7) is 1.99. The average molecular weight is 374 g/mol. The normalized spacial score (nSPS) is 11.5. The molecule has 2 aromatic carbocycles. The van der Waals surface area contributed by atoms with Crippen molar-refractivity contribution in [2.24, 2.45) is 0 Å². The molecule has 1 N–H and O–H groups in total. The monoisotopic (exact) mass is 374 g/mol. The van der Waals surface area contributed by atoms with Gasteiger partial charge in [0, 0.05) is 23.9 Å². The van der Waals surface area contributed by atoms with Crippen LogP contribution in [0.5, 0.6) is 0 Å². The Morgan fingerprint density at radius 2 is 1.61 bits per heavy atom. The Balaban J connectivity index is 1.73. The summed E-state index contributed by atoms with van der Waals surface area (Å²) in [4.78, 5) is 29.2. The maximum atomic E-state index is 12.7. The standard InChI is InChI=1S/C23H22N2O3/c1-2-28-23(27)21(16-20-10-6-7-15-24-20)25-22(26)19-13-11-18(12-14-19)17-8-4-3-5-9-17/h3-15,21H,2,16H2,1H3,(H,25,26). The first kappa shape index (κ1) is 19.3. The van der Waals surface area contributed by atoms with Gasteiger partial charge in [0.05, 0.1) is 6.61 Å². The van der Waals surface area contributed by atoms with E-state index in [1.54, 1.807) is 31.3 Å².